The Balaban J connectivity index is 1.87. The topological polar surface area (TPSA) is 73.9 Å². The Hall–Kier alpha value is -3.01. The first-order valence-corrected chi connectivity index (χ1v) is 9.00. The molecule has 3 heterocycles. The Kier molecular flexibility index (Phi) is 4.73. The number of alkyl halides is 3. The minimum atomic E-state index is -4.57. The summed E-state index contributed by atoms with van der Waals surface area (Å²) in [6, 6.07) is 4.36. The van der Waals surface area contributed by atoms with Crippen LogP contribution in [0.2, 0.25) is 0 Å². The van der Waals surface area contributed by atoms with E-state index in [-0.39, 0.29) is 40.3 Å². The van der Waals surface area contributed by atoms with Gasteiger partial charge in [0.1, 0.15) is 0 Å². The molecule has 0 bridgehead atoms. The lowest BCUT2D eigenvalue weighted by Crippen LogP contribution is -2.40. The van der Waals surface area contributed by atoms with Crippen LogP contribution in [0.1, 0.15) is 23.0 Å². The van der Waals surface area contributed by atoms with Crippen LogP contribution in [0.25, 0.3) is 22.0 Å². The zero-order valence-electron chi connectivity index (χ0n) is 15.4. The molecule has 0 aliphatic carbocycles. The number of nitrogens with zero attached hydrogens (tertiary/aromatic N) is 2. The van der Waals surface area contributed by atoms with Crippen LogP contribution in [-0.4, -0.2) is 54.4 Å². The SMILES string of the molecule is CCOC(=O)n1c2cc(C(F)(F)F)ccc2c2oc(C(=O)N3CCOCC3)cc21. The zero-order chi connectivity index (χ0) is 20.8. The van der Waals surface area contributed by atoms with Crippen LogP contribution in [-0.2, 0) is 15.7 Å². The molecule has 7 nitrogen and oxygen atoms in total. The average molecular weight is 410 g/mol. The van der Waals surface area contributed by atoms with Gasteiger partial charge in [-0.1, -0.05) is 0 Å². The molecular formula is C19H17F3N2O5. The second kappa shape index (κ2) is 7.11. The van der Waals surface area contributed by atoms with Crippen molar-refractivity contribution in [3.63, 3.8) is 0 Å². The molecule has 0 saturated carbocycles. The normalized spacial score (nSPS) is 15.2. The van der Waals surface area contributed by atoms with Gasteiger partial charge in [-0.2, -0.15) is 13.2 Å². The van der Waals surface area contributed by atoms with Gasteiger partial charge in [-0.25, -0.2) is 9.36 Å². The van der Waals surface area contributed by atoms with Crippen LogP contribution in [0, 0.1) is 0 Å². The average Bonchev–Trinajstić information content (AvgIpc) is 3.24. The third kappa shape index (κ3) is 3.33. The molecule has 3 aromatic rings. The Bertz CT molecular complexity index is 1090. The fourth-order valence-electron chi connectivity index (χ4n) is 3.37. The van der Waals surface area contributed by atoms with Gasteiger partial charge in [-0.15, -0.1) is 0 Å². The predicted octanol–water partition coefficient (Wildman–Crippen LogP) is 3.88. The summed E-state index contributed by atoms with van der Waals surface area (Å²) in [4.78, 5) is 26.7. The molecule has 154 valence electrons. The highest BCUT2D eigenvalue weighted by molar-refractivity contribution is 6.12. The molecule has 10 heteroatoms. The summed E-state index contributed by atoms with van der Waals surface area (Å²) < 4.78 is 56.4. The van der Waals surface area contributed by atoms with E-state index in [0.29, 0.717) is 26.3 Å². The number of carbonyl (C=O) groups excluding carboxylic acids is 2. The summed E-state index contributed by atoms with van der Waals surface area (Å²) in [5, 5.41) is 0.280. The molecule has 4 rings (SSSR count). The lowest BCUT2D eigenvalue weighted by molar-refractivity contribution is -0.137. The number of morpholine rings is 1. The van der Waals surface area contributed by atoms with Crippen LogP contribution in [0.4, 0.5) is 18.0 Å². The lowest BCUT2D eigenvalue weighted by atomic mass is 10.1. The van der Waals surface area contributed by atoms with Crippen molar-refractivity contribution in [1.29, 1.82) is 0 Å². The zero-order valence-corrected chi connectivity index (χ0v) is 15.4. The molecule has 0 N–H and O–H groups in total. The number of rotatable bonds is 2. The van der Waals surface area contributed by atoms with Crippen LogP contribution in [0.5, 0.6) is 0 Å². The number of ether oxygens (including phenoxy) is 2. The van der Waals surface area contributed by atoms with Crippen molar-refractivity contribution >= 4 is 34.0 Å². The van der Waals surface area contributed by atoms with Gasteiger partial charge in [0.05, 0.1) is 36.4 Å². The highest BCUT2D eigenvalue weighted by Crippen LogP contribution is 2.37. The van der Waals surface area contributed by atoms with E-state index in [0.717, 1.165) is 16.7 Å². The number of aromatic nitrogens is 1. The summed E-state index contributed by atoms with van der Waals surface area (Å²) in [6.45, 7) is 3.24. The number of carbonyl (C=O) groups is 2. The first kappa shape index (κ1) is 19.3. The van der Waals surface area contributed by atoms with Crippen LogP contribution in [0.3, 0.4) is 0 Å². The Morgan fingerprint density at radius 1 is 1.14 bits per heavy atom. The fraction of sp³-hybridized carbons (Fsp3) is 0.368. The number of fused-ring (bicyclic) bond motifs is 3. The van der Waals surface area contributed by atoms with Crippen LogP contribution < -0.4 is 0 Å². The first-order chi connectivity index (χ1) is 13.8. The van der Waals surface area contributed by atoms with Crippen LogP contribution >= 0.6 is 0 Å². The summed E-state index contributed by atoms with van der Waals surface area (Å²) in [5.74, 6) is -0.378. The van der Waals surface area contributed by atoms with Gasteiger partial charge in [-0.3, -0.25) is 4.79 Å². The third-order valence-electron chi connectivity index (χ3n) is 4.72. The Morgan fingerprint density at radius 2 is 1.86 bits per heavy atom. The second-order valence-corrected chi connectivity index (χ2v) is 6.49. The molecule has 0 radical (unpaired) electrons. The maximum absolute atomic E-state index is 13.1. The van der Waals surface area contributed by atoms with Crippen molar-refractivity contribution in [3.8, 4) is 0 Å². The molecule has 0 spiro atoms. The summed E-state index contributed by atoms with van der Waals surface area (Å²) in [6.07, 6.45) is -5.42. The maximum atomic E-state index is 13.1. The van der Waals surface area contributed by atoms with E-state index in [1.54, 1.807) is 11.8 Å². The smallest absolute Gasteiger partial charge is 0.419 e. The molecule has 1 saturated heterocycles. The summed E-state index contributed by atoms with van der Waals surface area (Å²) in [7, 11) is 0. The molecule has 1 aliphatic heterocycles. The number of hydrogen-bond donors (Lipinski definition) is 0. The van der Waals surface area contributed by atoms with E-state index in [4.69, 9.17) is 13.9 Å². The van der Waals surface area contributed by atoms with Gasteiger partial charge in [-0.05, 0) is 25.1 Å². The highest BCUT2D eigenvalue weighted by atomic mass is 19.4. The molecule has 29 heavy (non-hydrogen) atoms. The van der Waals surface area contributed by atoms with Gasteiger partial charge >= 0.3 is 12.3 Å². The van der Waals surface area contributed by atoms with Gasteiger partial charge in [0, 0.05) is 24.5 Å². The van der Waals surface area contributed by atoms with Crippen molar-refractivity contribution in [2.75, 3.05) is 32.9 Å². The first-order valence-electron chi connectivity index (χ1n) is 9.00. The van der Waals surface area contributed by atoms with Crippen molar-refractivity contribution in [2.24, 2.45) is 0 Å². The quantitative estimate of drug-likeness (QED) is 0.641. The molecule has 0 unspecified atom stereocenters. The standard InChI is InChI=1S/C19H17F3N2O5/c1-2-28-18(26)24-13-9-11(19(20,21)22)3-4-12(13)16-14(24)10-15(29-16)17(25)23-5-7-27-8-6-23/h3-4,9-10H,2,5-8H2,1H3. The van der Waals surface area contributed by atoms with Gasteiger partial charge in [0.2, 0.25) is 0 Å². The van der Waals surface area contributed by atoms with E-state index >= 15 is 0 Å². The predicted molar refractivity (Wildman–Crippen MR) is 95.9 cm³/mol. The number of benzene rings is 1. The minimum Gasteiger partial charge on any atom is -0.449 e. The number of hydrogen-bond acceptors (Lipinski definition) is 5. The summed E-state index contributed by atoms with van der Waals surface area (Å²) in [5.41, 5.74) is -0.578. The summed E-state index contributed by atoms with van der Waals surface area (Å²) >= 11 is 0. The molecule has 1 fully saturated rings. The van der Waals surface area contributed by atoms with Crippen LogP contribution in [0.15, 0.2) is 28.7 Å². The maximum Gasteiger partial charge on any atom is 0.419 e. The molecule has 1 aromatic carbocycles. The van der Waals surface area contributed by atoms with E-state index in [2.05, 4.69) is 0 Å². The van der Waals surface area contributed by atoms with E-state index in [1.165, 1.54) is 12.1 Å². The second-order valence-electron chi connectivity index (χ2n) is 6.49. The molecule has 1 amide bonds. The minimum absolute atomic E-state index is 0.00241. The van der Waals surface area contributed by atoms with Gasteiger partial charge in [0.25, 0.3) is 5.91 Å². The Labute approximate surface area is 162 Å². The third-order valence-corrected chi connectivity index (χ3v) is 4.72. The van der Waals surface area contributed by atoms with E-state index in [1.807, 2.05) is 0 Å². The number of halogens is 3. The number of amides is 1. The lowest BCUT2D eigenvalue weighted by Gasteiger charge is -2.25. The van der Waals surface area contributed by atoms with Crippen molar-refractivity contribution in [1.82, 2.24) is 9.47 Å². The monoisotopic (exact) mass is 410 g/mol. The highest BCUT2D eigenvalue weighted by Gasteiger charge is 2.33. The molecular weight excluding hydrogens is 393 g/mol. The van der Waals surface area contributed by atoms with Gasteiger partial charge < -0.3 is 18.8 Å². The molecule has 1 aliphatic rings. The van der Waals surface area contributed by atoms with Crippen molar-refractivity contribution in [2.45, 2.75) is 13.1 Å². The molecule has 2 aromatic heterocycles. The molecule has 0 atom stereocenters. The van der Waals surface area contributed by atoms with E-state index in [9.17, 15) is 22.8 Å². The largest absolute Gasteiger partial charge is 0.449 e. The number of furan rings is 1. The Morgan fingerprint density at radius 3 is 2.52 bits per heavy atom. The van der Waals surface area contributed by atoms with Gasteiger partial charge in [0.15, 0.2) is 11.3 Å². The fourth-order valence-corrected chi connectivity index (χ4v) is 3.37. The van der Waals surface area contributed by atoms with E-state index < -0.39 is 17.8 Å². The van der Waals surface area contributed by atoms with Crippen molar-refractivity contribution in [3.05, 3.63) is 35.6 Å². The van der Waals surface area contributed by atoms with Crippen molar-refractivity contribution < 1.29 is 36.7 Å².